The smallest absolute Gasteiger partial charge is 0.122 e. The van der Waals surface area contributed by atoms with Gasteiger partial charge in [-0.25, -0.2) is 0 Å². The van der Waals surface area contributed by atoms with Gasteiger partial charge in [0.2, 0.25) is 0 Å². The summed E-state index contributed by atoms with van der Waals surface area (Å²) in [6.45, 7) is 9.23. The number of para-hydroxylation sites is 2. The zero-order valence-corrected chi connectivity index (χ0v) is 23.1. The first kappa shape index (κ1) is 29.3. The minimum atomic E-state index is 0.414. The van der Waals surface area contributed by atoms with Crippen LogP contribution < -0.4 is 0 Å². The maximum atomic E-state index is 11.0. The molecular formula is C33H52O2. The molecule has 0 aliphatic heterocycles. The lowest BCUT2D eigenvalue weighted by Crippen LogP contribution is -1.99. The number of unbranched alkanes of at least 4 members (excludes halogenated alkanes) is 4. The van der Waals surface area contributed by atoms with Crippen LogP contribution in [-0.4, -0.2) is 10.2 Å². The number of aryl methyl sites for hydroxylation is 2. The topological polar surface area (TPSA) is 40.5 Å². The largest absolute Gasteiger partial charge is 0.507 e. The van der Waals surface area contributed by atoms with Gasteiger partial charge in [0, 0.05) is 6.42 Å². The number of phenols is 2. The van der Waals surface area contributed by atoms with Crippen molar-refractivity contribution in [2.24, 2.45) is 11.8 Å². The first-order valence-corrected chi connectivity index (χ1v) is 14.6. The van der Waals surface area contributed by atoms with Crippen molar-refractivity contribution >= 4 is 0 Å². The third-order valence-electron chi connectivity index (χ3n) is 7.67. The highest BCUT2D eigenvalue weighted by Crippen LogP contribution is 2.32. The molecule has 2 atom stereocenters. The van der Waals surface area contributed by atoms with E-state index in [0.29, 0.717) is 17.9 Å². The molecule has 0 saturated carbocycles. The normalized spacial score (nSPS) is 13.1. The lowest BCUT2D eigenvalue weighted by Gasteiger charge is -2.15. The van der Waals surface area contributed by atoms with Crippen LogP contribution in [0.25, 0.3) is 0 Å². The van der Waals surface area contributed by atoms with Crippen LogP contribution in [0.2, 0.25) is 0 Å². The van der Waals surface area contributed by atoms with E-state index in [0.717, 1.165) is 59.8 Å². The Hall–Kier alpha value is -1.96. The zero-order chi connectivity index (χ0) is 25.5. The molecule has 0 heterocycles. The Morgan fingerprint density at radius 1 is 0.543 bits per heavy atom. The van der Waals surface area contributed by atoms with Gasteiger partial charge < -0.3 is 10.2 Å². The Labute approximate surface area is 216 Å². The van der Waals surface area contributed by atoms with Crippen LogP contribution in [-0.2, 0) is 19.3 Å². The number of rotatable bonds is 18. The molecule has 0 aliphatic rings. The average Bonchev–Trinajstić information content (AvgIpc) is 2.84. The third kappa shape index (κ3) is 10.7. The minimum absolute atomic E-state index is 0.414. The molecule has 0 aliphatic carbocycles. The summed E-state index contributed by atoms with van der Waals surface area (Å²) in [5, 5.41) is 21.9. The van der Waals surface area contributed by atoms with Gasteiger partial charge in [0.1, 0.15) is 11.5 Å². The van der Waals surface area contributed by atoms with Crippen molar-refractivity contribution in [1.29, 1.82) is 0 Å². The van der Waals surface area contributed by atoms with Crippen molar-refractivity contribution in [3.8, 4) is 11.5 Å². The highest BCUT2D eigenvalue weighted by Gasteiger charge is 2.13. The van der Waals surface area contributed by atoms with E-state index in [1.165, 1.54) is 64.2 Å². The second-order valence-electron chi connectivity index (χ2n) is 11.0. The van der Waals surface area contributed by atoms with Crippen molar-refractivity contribution in [3.63, 3.8) is 0 Å². The SMILES string of the molecule is CCCCCC(C)CCCc1cccc(Cc2cccc(CCCC(C)CCCCC)c2O)c1O. The van der Waals surface area contributed by atoms with E-state index >= 15 is 0 Å². The fourth-order valence-corrected chi connectivity index (χ4v) is 5.24. The van der Waals surface area contributed by atoms with E-state index in [9.17, 15) is 10.2 Å². The Morgan fingerprint density at radius 2 is 0.914 bits per heavy atom. The Morgan fingerprint density at radius 3 is 1.31 bits per heavy atom. The first-order valence-electron chi connectivity index (χ1n) is 14.6. The van der Waals surface area contributed by atoms with Gasteiger partial charge in [-0.15, -0.1) is 0 Å². The highest BCUT2D eigenvalue weighted by atomic mass is 16.3. The van der Waals surface area contributed by atoms with E-state index in [2.05, 4.69) is 52.0 Å². The van der Waals surface area contributed by atoms with Gasteiger partial charge >= 0.3 is 0 Å². The van der Waals surface area contributed by atoms with Gasteiger partial charge in [-0.3, -0.25) is 0 Å². The minimum Gasteiger partial charge on any atom is -0.507 e. The molecule has 0 radical (unpaired) electrons. The van der Waals surface area contributed by atoms with Crippen molar-refractivity contribution in [2.45, 2.75) is 124 Å². The first-order chi connectivity index (χ1) is 17.0. The number of hydrogen-bond donors (Lipinski definition) is 2. The van der Waals surface area contributed by atoms with Crippen LogP contribution >= 0.6 is 0 Å². The van der Waals surface area contributed by atoms with Crippen molar-refractivity contribution in [2.75, 3.05) is 0 Å². The van der Waals surface area contributed by atoms with Crippen LogP contribution in [0.1, 0.15) is 127 Å². The molecule has 2 heteroatoms. The molecule has 2 unspecified atom stereocenters. The van der Waals surface area contributed by atoms with Crippen molar-refractivity contribution in [3.05, 3.63) is 58.7 Å². The zero-order valence-electron chi connectivity index (χ0n) is 23.1. The third-order valence-corrected chi connectivity index (χ3v) is 7.67. The van der Waals surface area contributed by atoms with Gasteiger partial charge in [-0.1, -0.05) is 128 Å². The maximum Gasteiger partial charge on any atom is 0.122 e. The predicted molar refractivity (Wildman–Crippen MR) is 152 cm³/mol. The van der Waals surface area contributed by atoms with Crippen molar-refractivity contribution in [1.82, 2.24) is 0 Å². The van der Waals surface area contributed by atoms with E-state index in [4.69, 9.17) is 0 Å². The van der Waals surface area contributed by atoms with Crippen LogP contribution in [0.5, 0.6) is 11.5 Å². The Kier molecular flexibility index (Phi) is 13.9. The van der Waals surface area contributed by atoms with E-state index < -0.39 is 0 Å². The molecule has 2 rings (SSSR count). The summed E-state index contributed by atoms with van der Waals surface area (Å²) in [6, 6.07) is 12.2. The molecule has 196 valence electrons. The summed E-state index contributed by atoms with van der Waals surface area (Å²) in [7, 11) is 0. The predicted octanol–water partition coefficient (Wildman–Crippen LogP) is 9.77. The Balaban J connectivity index is 1.91. The molecule has 0 amide bonds. The lowest BCUT2D eigenvalue weighted by atomic mass is 9.93. The summed E-state index contributed by atoms with van der Waals surface area (Å²) >= 11 is 0. The molecule has 0 fully saturated rings. The van der Waals surface area contributed by atoms with Gasteiger partial charge in [0.05, 0.1) is 0 Å². The molecule has 2 nitrogen and oxygen atoms in total. The van der Waals surface area contributed by atoms with Gasteiger partial charge in [0.15, 0.2) is 0 Å². The van der Waals surface area contributed by atoms with E-state index in [1.807, 2.05) is 12.1 Å². The molecule has 35 heavy (non-hydrogen) atoms. The molecule has 0 aromatic heterocycles. The van der Waals surface area contributed by atoms with Gasteiger partial charge in [-0.2, -0.15) is 0 Å². The summed E-state index contributed by atoms with van der Waals surface area (Å²) in [6.07, 6.45) is 17.6. The number of phenolic OH excluding ortho intramolecular Hbond substituents is 2. The van der Waals surface area contributed by atoms with Crippen LogP contribution in [0.15, 0.2) is 36.4 Å². The van der Waals surface area contributed by atoms with E-state index in [1.54, 1.807) is 0 Å². The molecule has 0 saturated heterocycles. The lowest BCUT2D eigenvalue weighted by molar-refractivity contribution is 0.437. The average molecular weight is 481 g/mol. The van der Waals surface area contributed by atoms with Crippen LogP contribution in [0.4, 0.5) is 0 Å². The molecule has 2 N–H and O–H groups in total. The highest BCUT2D eigenvalue weighted by molar-refractivity contribution is 5.47. The summed E-state index contributed by atoms with van der Waals surface area (Å²) in [5.41, 5.74) is 3.90. The molecule has 0 bridgehead atoms. The van der Waals surface area contributed by atoms with Gasteiger partial charge in [0.25, 0.3) is 0 Å². The van der Waals surface area contributed by atoms with Crippen LogP contribution in [0.3, 0.4) is 0 Å². The number of hydrogen-bond acceptors (Lipinski definition) is 2. The molecule has 2 aromatic carbocycles. The maximum absolute atomic E-state index is 11.0. The van der Waals surface area contributed by atoms with Crippen LogP contribution in [0, 0.1) is 11.8 Å². The monoisotopic (exact) mass is 480 g/mol. The number of benzene rings is 2. The second-order valence-corrected chi connectivity index (χ2v) is 11.0. The fourth-order valence-electron chi connectivity index (χ4n) is 5.24. The van der Waals surface area contributed by atoms with Gasteiger partial charge in [-0.05, 0) is 59.8 Å². The van der Waals surface area contributed by atoms with E-state index in [-0.39, 0.29) is 0 Å². The summed E-state index contributed by atoms with van der Waals surface area (Å²) in [5.74, 6) is 2.34. The second kappa shape index (κ2) is 16.7. The molecule has 2 aromatic rings. The number of aromatic hydroxyl groups is 2. The molecule has 0 spiro atoms. The Bertz CT molecular complexity index is 771. The summed E-state index contributed by atoms with van der Waals surface area (Å²) in [4.78, 5) is 0. The standard InChI is InChI=1S/C33H52O2/c1-5-7-9-15-26(3)17-11-19-28-21-13-23-30(32(28)34)25-31-24-14-22-29(33(31)35)20-12-18-27(4)16-10-8-6-2/h13-14,21-24,26-27,34-35H,5-12,15-20,25H2,1-4H3. The fraction of sp³-hybridized carbons (Fsp3) is 0.636. The quantitative estimate of drug-likeness (QED) is 0.208. The van der Waals surface area contributed by atoms with Crippen molar-refractivity contribution < 1.29 is 10.2 Å². The summed E-state index contributed by atoms with van der Waals surface area (Å²) < 4.78 is 0. The molecular weight excluding hydrogens is 428 g/mol.